The van der Waals surface area contributed by atoms with Crippen molar-refractivity contribution in [1.29, 1.82) is 0 Å². The zero-order valence-corrected chi connectivity index (χ0v) is 19.2. The molecule has 1 aromatic carbocycles. The molecule has 1 aromatic heterocycles. The van der Waals surface area contributed by atoms with Gasteiger partial charge >= 0.3 is 0 Å². The van der Waals surface area contributed by atoms with Crippen LogP contribution in [0.1, 0.15) is 66.1 Å². The topological polar surface area (TPSA) is 13.1 Å². The molecule has 0 aliphatic rings. The van der Waals surface area contributed by atoms with E-state index in [4.69, 9.17) is 4.42 Å². The minimum absolute atomic E-state index is 1.02. The molecule has 0 aliphatic carbocycles. The van der Waals surface area contributed by atoms with E-state index >= 15 is 0 Å². The monoisotopic (exact) mass is 388 g/mol. The number of quaternary nitrogens is 2. The van der Waals surface area contributed by atoms with Gasteiger partial charge in [0.25, 0.3) is 0 Å². The van der Waals surface area contributed by atoms with Crippen molar-refractivity contribution < 1.29 is 13.4 Å². The zero-order valence-electron chi connectivity index (χ0n) is 19.2. The Hall–Kier alpha value is -1.32. The Bertz CT molecular complexity index is 641. The second kappa shape index (κ2) is 11.0. The van der Waals surface area contributed by atoms with Gasteiger partial charge in [0.2, 0.25) is 0 Å². The van der Waals surface area contributed by atoms with E-state index in [2.05, 4.69) is 65.0 Å². The predicted octanol–water partition coefficient (Wildman–Crippen LogP) is 6.23. The average Bonchev–Trinajstić information content (AvgIpc) is 3.15. The Morgan fingerprint density at radius 1 is 0.679 bits per heavy atom. The van der Waals surface area contributed by atoms with E-state index < -0.39 is 0 Å². The summed E-state index contributed by atoms with van der Waals surface area (Å²) >= 11 is 0. The standard InChI is InChI=1S/C25H44N2O/c1-6-26(7-2,8-3)19-15-11-12-16-20-27(9-4,10-5)22-24-21-23-17-13-14-18-25(23)28-24/h13-14,17-18,21H,6-12,15-16,19-20,22H2,1-5H3/q+2. The molecule has 0 bridgehead atoms. The fourth-order valence-electron chi connectivity index (χ4n) is 4.68. The molecule has 0 saturated carbocycles. The molecule has 2 rings (SSSR count). The van der Waals surface area contributed by atoms with Gasteiger partial charge in [-0.25, -0.2) is 0 Å². The van der Waals surface area contributed by atoms with Gasteiger partial charge in [0.05, 0.1) is 45.8 Å². The van der Waals surface area contributed by atoms with Gasteiger partial charge in [0.15, 0.2) is 5.76 Å². The third kappa shape index (κ3) is 5.84. The molecule has 0 aliphatic heterocycles. The highest BCUT2D eigenvalue weighted by Crippen LogP contribution is 2.23. The molecule has 1 heterocycles. The lowest BCUT2D eigenvalue weighted by atomic mass is 10.1. The van der Waals surface area contributed by atoms with Crippen molar-refractivity contribution in [3.05, 3.63) is 36.1 Å². The number of unbranched alkanes of at least 4 members (excludes halogenated alkanes) is 3. The summed E-state index contributed by atoms with van der Waals surface area (Å²) in [5.41, 5.74) is 1.02. The summed E-state index contributed by atoms with van der Waals surface area (Å²) in [4.78, 5) is 0. The number of nitrogens with zero attached hydrogens (tertiary/aromatic N) is 2. The fraction of sp³-hybridized carbons (Fsp3) is 0.680. The molecule has 158 valence electrons. The fourth-order valence-corrected chi connectivity index (χ4v) is 4.68. The van der Waals surface area contributed by atoms with Crippen LogP contribution in [-0.4, -0.2) is 54.8 Å². The molecule has 0 spiro atoms. The van der Waals surface area contributed by atoms with Gasteiger partial charge in [-0.2, -0.15) is 0 Å². The maximum atomic E-state index is 6.13. The third-order valence-corrected chi connectivity index (χ3v) is 7.34. The van der Waals surface area contributed by atoms with Crippen molar-refractivity contribution in [1.82, 2.24) is 0 Å². The number of para-hydroxylation sites is 1. The van der Waals surface area contributed by atoms with E-state index in [0.29, 0.717) is 0 Å². The molecule has 0 atom stereocenters. The lowest BCUT2D eigenvalue weighted by Gasteiger charge is -2.36. The molecule has 0 fully saturated rings. The van der Waals surface area contributed by atoms with Gasteiger partial charge in [-0.1, -0.05) is 18.2 Å². The van der Waals surface area contributed by atoms with Crippen molar-refractivity contribution in [2.75, 3.05) is 45.8 Å². The van der Waals surface area contributed by atoms with Crippen LogP contribution in [0.3, 0.4) is 0 Å². The highest BCUT2D eigenvalue weighted by molar-refractivity contribution is 5.77. The van der Waals surface area contributed by atoms with E-state index in [1.807, 2.05) is 0 Å². The van der Waals surface area contributed by atoms with Crippen molar-refractivity contribution in [3.8, 4) is 0 Å². The van der Waals surface area contributed by atoms with Crippen LogP contribution in [0.4, 0.5) is 0 Å². The Kier molecular flexibility index (Phi) is 9.04. The first-order valence-electron chi connectivity index (χ1n) is 11.7. The summed E-state index contributed by atoms with van der Waals surface area (Å²) in [6.07, 6.45) is 5.43. The molecular weight excluding hydrogens is 344 g/mol. The maximum Gasteiger partial charge on any atom is 0.159 e. The second-order valence-corrected chi connectivity index (χ2v) is 8.53. The van der Waals surface area contributed by atoms with Crippen LogP contribution in [-0.2, 0) is 6.54 Å². The molecule has 2 aromatic rings. The first-order valence-corrected chi connectivity index (χ1v) is 11.7. The van der Waals surface area contributed by atoms with E-state index in [-0.39, 0.29) is 0 Å². The number of hydrogen-bond donors (Lipinski definition) is 0. The highest BCUT2D eigenvalue weighted by atomic mass is 16.3. The molecule has 0 amide bonds. The third-order valence-electron chi connectivity index (χ3n) is 7.34. The molecule has 3 nitrogen and oxygen atoms in total. The van der Waals surface area contributed by atoms with Gasteiger partial charge in [-0.05, 0) is 72.4 Å². The predicted molar refractivity (Wildman–Crippen MR) is 121 cm³/mol. The molecule has 0 unspecified atom stereocenters. The van der Waals surface area contributed by atoms with Crippen LogP contribution in [0.2, 0.25) is 0 Å². The van der Waals surface area contributed by atoms with E-state index in [0.717, 1.165) is 22.4 Å². The molecule has 3 heteroatoms. The molecule has 28 heavy (non-hydrogen) atoms. The van der Waals surface area contributed by atoms with E-state index in [1.165, 1.54) is 81.4 Å². The first kappa shape index (κ1) is 23.0. The van der Waals surface area contributed by atoms with Crippen LogP contribution in [0.25, 0.3) is 11.0 Å². The minimum Gasteiger partial charge on any atom is -0.455 e. The van der Waals surface area contributed by atoms with Crippen LogP contribution in [0, 0.1) is 0 Å². The van der Waals surface area contributed by atoms with Gasteiger partial charge < -0.3 is 13.4 Å². The van der Waals surface area contributed by atoms with Gasteiger partial charge in [-0.15, -0.1) is 0 Å². The van der Waals surface area contributed by atoms with E-state index in [1.54, 1.807) is 0 Å². The Morgan fingerprint density at radius 2 is 1.21 bits per heavy atom. The SMILES string of the molecule is CC[N+](CC)(CC)CCCCCC[N+](CC)(CC)Cc1cc2ccccc2o1. The van der Waals surface area contributed by atoms with Crippen molar-refractivity contribution in [3.63, 3.8) is 0 Å². The van der Waals surface area contributed by atoms with Crippen LogP contribution < -0.4 is 0 Å². The minimum atomic E-state index is 1.02. The van der Waals surface area contributed by atoms with Gasteiger partial charge in [0, 0.05) is 5.39 Å². The van der Waals surface area contributed by atoms with Gasteiger partial charge in [-0.3, -0.25) is 0 Å². The van der Waals surface area contributed by atoms with Crippen LogP contribution in [0.5, 0.6) is 0 Å². The van der Waals surface area contributed by atoms with Crippen LogP contribution >= 0.6 is 0 Å². The van der Waals surface area contributed by atoms with E-state index in [9.17, 15) is 0 Å². The number of rotatable bonds is 14. The zero-order chi connectivity index (χ0) is 20.5. The lowest BCUT2D eigenvalue weighted by molar-refractivity contribution is -0.938. The molecule has 0 N–H and O–H groups in total. The number of benzene rings is 1. The Morgan fingerprint density at radius 3 is 1.75 bits per heavy atom. The number of fused-ring (bicyclic) bond motifs is 1. The quantitative estimate of drug-likeness (QED) is 0.276. The molecule has 0 radical (unpaired) electrons. The lowest BCUT2D eigenvalue weighted by Crippen LogP contribution is -2.48. The number of furan rings is 1. The van der Waals surface area contributed by atoms with Crippen molar-refractivity contribution >= 4 is 11.0 Å². The van der Waals surface area contributed by atoms with Crippen molar-refractivity contribution in [2.45, 2.75) is 66.8 Å². The van der Waals surface area contributed by atoms with Gasteiger partial charge in [0.1, 0.15) is 12.1 Å². The first-order chi connectivity index (χ1) is 13.6. The second-order valence-electron chi connectivity index (χ2n) is 8.53. The summed E-state index contributed by atoms with van der Waals surface area (Å²) in [5, 5.41) is 1.23. The average molecular weight is 389 g/mol. The molecular formula is C25H44N2O+2. The molecule has 0 saturated heterocycles. The van der Waals surface area contributed by atoms with Crippen LogP contribution in [0.15, 0.2) is 34.7 Å². The number of hydrogen-bond acceptors (Lipinski definition) is 1. The summed E-state index contributed by atoms with van der Waals surface area (Å²) in [7, 11) is 0. The largest absolute Gasteiger partial charge is 0.455 e. The summed E-state index contributed by atoms with van der Waals surface area (Å²) in [6.45, 7) is 21.5. The smallest absolute Gasteiger partial charge is 0.159 e. The Balaban J connectivity index is 1.83. The maximum absolute atomic E-state index is 6.13. The summed E-state index contributed by atoms with van der Waals surface area (Å²) in [6, 6.07) is 10.6. The summed E-state index contributed by atoms with van der Waals surface area (Å²) < 4.78 is 8.55. The summed E-state index contributed by atoms with van der Waals surface area (Å²) in [5.74, 6) is 1.14. The Labute approximate surface area is 173 Å². The van der Waals surface area contributed by atoms with Crippen molar-refractivity contribution in [2.24, 2.45) is 0 Å². The highest BCUT2D eigenvalue weighted by Gasteiger charge is 2.25. The normalized spacial score (nSPS) is 12.8.